The number of ether oxygens (including phenoxy) is 4. The van der Waals surface area contributed by atoms with Crippen LogP contribution in [0.15, 0.2) is 0 Å². The van der Waals surface area contributed by atoms with Gasteiger partial charge >= 0.3 is 39.5 Å². The Labute approximate surface area is 689 Å². The minimum Gasteiger partial charge on any atom is -0.462 e. The minimum absolute atomic E-state index is 0.109. The normalized spacial score (nSPS) is 13.9. The predicted octanol–water partition coefficient (Wildman–Crippen LogP) is 29.1. The van der Waals surface area contributed by atoms with Gasteiger partial charge < -0.3 is 33.8 Å². The molecule has 19 heteroatoms. The first-order valence-corrected chi connectivity index (χ1v) is 51.2. The van der Waals surface area contributed by atoms with E-state index in [-0.39, 0.29) is 25.7 Å². The van der Waals surface area contributed by atoms with E-state index >= 15 is 0 Å². The summed E-state index contributed by atoms with van der Waals surface area (Å²) in [5.74, 6) is -1.22. The summed E-state index contributed by atoms with van der Waals surface area (Å²) >= 11 is 0. The molecule has 0 amide bonds. The smallest absolute Gasteiger partial charge is 0.462 e. The molecule has 0 aromatic rings. The highest BCUT2D eigenvalue weighted by Crippen LogP contribution is 2.45. The van der Waals surface area contributed by atoms with Crippen molar-refractivity contribution < 1.29 is 80.2 Å². The number of esters is 4. The second-order valence-corrected chi connectivity index (χ2v) is 36.6. The van der Waals surface area contributed by atoms with E-state index in [0.29, 0.717) is 25.7 Å². The van der Waals surface area contributed by atoms with Gasteiger partial charge in [0, 0.05) is 25.7 Å². The number of rotatable bonds is 93. The molecule has 666 valence electrons. The van der Waals surface area contributed by atoms with Gasteiger partial charge in [-0.15, -0.1) is 0 Å². The summed E-state index contributed by atoms with van der Waals surface area (Å²) in [6.45, 7) is 7.46. The molecule has 0 aliphatic carbocycles. The standard InChI is InChI=1S/C93H182O17P2/c1-6-10-13-16-19-22-25-27-29-31-33-35-40-44-48-52-57-62-67-72-77-91(96)104-83-89(110-93(98)79-74-69-64-59-54-50-46-42-38-37-39-43-47-51-55-60-65-70-75-86(5)9-4)85-108-112(101,102)106-81-87(94)80-105-111(99,100)107-84-88(82-103-90(95)76-71-66-61-56-24-21-18-15-12-8-3)109-92(97)78-73-68-63-58-53-49-45-41-36-34-32-30-28-26-23-20-17-14-11-7-2/h86-89,94H,6-85H2,1-5H3,(H,99,100)(H,101,102)/t86?,87-,88+,89+/m0/s1. The summed E-state index contributed by atoms with van der Waals surface area (Å²) < 4.78 is 69.1. The molecule has 6 atom stereocenters. The van der Waals surface area contributed by atoms with Gasteiger partial charge in [0.2, 0.25) is 0 Å². The molecule has 0 saturated heterocycles. The van der Waals surface area contributed by atoms with Crippen molar-refractivity contribution in [2.24, 2.45) is 5.92 Å². The number of unbranched alkanes of at least 4 members (excludes halogenated alkanes) is 64. The molecular formula is C93H182O17P2. The first-order valence-electron chi connectivity index (χ1n) is 48.2. The molecular weight excluding hydrogens is 1450 g/mol. The summed E-state index contributed by atoms with van der Waals surface area (Å²) in [6.07, 6.45) is 82.1. The van der Waals surface area contributed by atoms with Crippen LogP contribution in [-0.2, 0) is 65.4 Å². The average molecular weight is 1630 g/mol. The van der Waals surface area contributed by atoms with Gasteiger partial charge in [-0.05, 0) is 31.6 Å². The van der Waals surface area contributed by atoms with E-state index in [2.05, 4.69) is 34.6 Å². The number of carbonyl (C=O) groups excluding carboxylic acids is 4. The van der Waals surface area contributed by atoms with E-state index in [0.717, 1.165) is 95.8 Å². The zero-order valence-corrected chi connectivity index (χ0v) is 75.6. The Morgan fingerprint density at radius 3 is 0.634 bits per heavy atom. The van der Waals surface area contributed by atoms with Crippen LogP contribution in [-0.4, -0.2) is 96.7 Å². The third-order valence-corrected chi connectivity index (χ3v) is 24.3. The number of hydrogen-bond donors (Lipinski definition) is 3. The molecule has 0 radical (unpaired) electrons. The highest BCUT2D eigenvalue weighted by Gasteiger charge is 2.31. The lowest BCUT2D eigenvalue weighted by molar-refractivity contribution is -0.161. The molecule has 0 rings (SSSR count). The molecule has 0 heterocycles. The SMILES string of the molecule is CCCCCCCCCCCCCCCCCCCCCCC(=O)OC[C@H](COP(=O)(O)OC[C@@H](O)COP(=O)(O)OC[C@@H](COC(=O)CCCCCCCCCCCC)OC(=O)CCCCCCCCCCCCCCCCCCCCCC)OC(=O)CCCCCCCCCCCCCCCCCCCCC(C)CC. The Kier molecular flexibility index (Phi) is 84.0. The molecule has 112 heavy (non-hydrogen) atoms. The Hall–Kier alpha value is -1.94. The molecule has 0 bridgehead atoms. The monoisotopic (exact) mass is 1630 g/mol. The lowest BCUT2D eigenvalue weighted by atomic mass is 9.99. The largest absolute Gasteiger partial charge is 0.472 e. The predicted molar refractivity (Wildman–Crippen MR) is 465 cm³/mol. The van der Waals surface area contributed by atoms with Crippen molar-refractivity contribution in [1.82, 2.24) is 0 Å². The summed E-state index contributed by atoms with van der Waals surface area (Å²) in [4.78, 5) is 73.4. The molecule has 0 saturated carbocycles. The molecule has 0 spiro atoms. The summed E-state index contributed by atoms with van der Waals surface area (Å²) in [5, 5.41) is 10.7. The Morgan fingerprint density at radius 1 is 0.250 bits per heavy atom. The lowest BCUT2D eigenvalue weighted by Gasteiger charge is -2.21. The first-order chi connectivity index (χ1) is 54.6. The van der Waals surface area contributed by atoms with Crippen LogP contribution in [0.25, 0.3) is 0 Å². The van der Waals surface area contributed by atoms with E-state index in [1.807, 2.05) is 0 Å². The fourth-order valence-corrected chi connectivity index (χ4v) is 16.3. The molecule has 17 nitrogen and oxygen atoms in total. The second-order valence-electron chi connectivity index (χ2n) is 33.6. The minimum atomic E-state index is -4.97. The van der Waals surface area contributed by atoms with Gasteiger partial charge in [-0.1, -0.05) is 458 Å². The van der Waals surface area contributed by atoms with Crippen LogP contribution >= 0.6 is 15.6 Å². The van der Waals surface area contributed by atoms with Crippen molar-refractivity contribution in [3.63, 3.8) is 0 Å². The van der Waals surface area contributed by atoms with Crippen LogP contribution in [0, 0.1) is 5.92 Å². The molecule has 0 aromatic heterocycles. The van der Waals surface area contributed by atoms with E-state index in [1.54, 1.807) is 0 Å². The third-order valence-electron chi connectivity index (χ3n) is 22.4. The third kappa shape index (κ3) is 84.5. The zero-order valence-electron chi connectivity index (χ0n) is 73.8. The van der Waals surface area contributed by atoms with E-state index < -0.39 is 97.5 Å². The highest BCUT2D eigenvalue weighted by molar-refractivity contribution is 7.47. The second kappa shape index (κ2) is 85.5. The van der Waals surface area contributed by atoms with Crippen molar-refractivity contribution in [2.45, 2.75) is 528 Å². The van der Waals surface area contributed by atoms with Crippen LogP contribution in [0.4, 0.5) is 0 Å². The van der Waals surface area contributed by atoms with Crippen molar-refractivity contribution in [3.05, 3.63) is 0 Å². The van der Waals surface area contributed by atoms with Crippen molar-refractivity contribution in [2.75, 3.05) is 39.6 Å². The zero-order chi connectivity index (χ0) is 81.8. The van der Waals surface area contributed by atoms with Gasteiger partial charge in [0.25, 0.3) is 0 Å². The van der Waals surface area contributed by atoms with Gasteiger partial charge in [-0.25, -0.2) is 9.13 Å². The molecule has 0 aromatic carbocycles. The van der Waals surface area contributed by atoms with E-state index in [1.165, 1.54) is 334 Å². The maximum atomic E-state index is 13.2. The molecule has 0 fully saturated rings. The van der Waals surface area contributed by atoms with Crippen molar-refractivity contribution in [1.29, 1.82) is 0 Å². The van der Waals surface area contributed by atoms with Gasteiger partial charge in [0.05, 0.1) is 26.4 Å². The Morgan fingerprint density at radius 2 is 0.429 bits per heavy atom. The Balaban J connectivity index is 5.21. The number of phosphoric ester groups is 2. The first kappa shape index (κ1) is 110. The van der Waals surface area contributed by atoms with Gasteiger partial charge in [-0.3, -0.25) is 37.3 Å². The number of hydrogen-bond acceptors (Lipinski definition) is 15. The van der Waals surface area contributed by atoms with Crippen LogP contribution < -0.4 is 0 Å². The fourth-order valence-electron chi connectivity index (χ4n) is 14.7. The fraction of sp³-hybridized carbons (Fsp3) is 0.957. The van der Waals surface area contributed by atoms with Gasteiger partial charge in [-0.2, -0.15) is 0 Å². The molecule has 3 N–H and O–H groups in total. The molecule has 0 aliphatic heterocycles. The van der Waals surface area contributed by atoms with E-state index in [4.69, 9.17) is 37.0 Å². The number of aliphatic hydroxyl groups excluding tert-OH is 1. The molecule has 3 unspecified atom stereocenters. The maximum Gasteiger partial charge on any atom is 0.472 e. The number of carbonyl (C=O) groups is 4. The van der Waals surface area contributed by atoms with E-state index in [9.17, 15) is 43.2 Å². The summed E-state index contributed by atoms with van der Waals surface area (Å²) in [5.41, 5.74) is 0. The van der Waals surface area contributed by atoms with Crippen LogP contribution in [0.2, 0.25) is 0 Å². The Bertz CT molecular complexity index is 2120. The molecule has 0 aliphatic rings. The maximum absolute atomic E-state index is 13.2. The lowest BCUT2D eigenvalue weighted by Crippen LogP contribution is -2.30. The summed E-state index contributed by atoms with van der Waals surface area (Å²) in [6, 6.07) is 0. The quantitative estimate of drug-likeness (QED) is 0.0222. The average Bonchev–Trinajstić information content (AvgIpc) is 0.901. The van der Waals surface area contributed by atoms with Crippen LogP contribution in [0.5, 0.6) is 0 Å². The topological polar surface area (TPSA) is 237 Å². The number of aliphatic hydroxyl groups is 1. The van der Waals surface area contributed by atoms with Crippen molar-refractivity contribution in [3.8, 4) is 0 Å². The van der Waals surface area contributed by atoms with Crippen LogP contribution in [0.1, 0.15) is 510 Å². The summed E-state index contributed by atoms with van der Waals surface area (Å²) in [7, 11) is -9.94. The highest BCUT2D eigenvalue weighted by atomic mass is 31.2. The van der Waals surface area contributed by atoms with Gasteiger partial charge in [0.1, 0.15) is 19.3 Å². The van der Waals surface area contributed by atoms with Crippen molar-refractivity contribution >= 4 is 39.5 Å². The van der Waals surface area contributed by atoms with Crippen LogP contribution in [0.3, 0.4) is 0 Å². The number of phosphoric acid groups is 2. The van der Waals surface area contributed by atoms with Gasteiger partial charge in [0.15, 0.2) is 12.2 Å².